The molecular formula is C26H30N4O6S2. The average molecular weight is 559 g/mol. The number of benzene rings is 1. The zero-order valence-corrected chi connectivity index (χ0v) is 22.7. The van der Waals surface area contributed by atoms with Gasteiger partial charge in [-0.1, -0.05) is 30.3 Å². The van der Waals surface area contributed by atoms with Gasteiger partial charge in [0.1, 0.15) is 23.9 Å². The Balaban J connectivity index is 1.39. The highest BCUT2D eigenvalue weighted by molar-refractivity contribution is 7.84. The van der Waals surface area contributed by atoms with Crippen molar-refractivity contribution in [3.8, 4) is 0 Å². The van der Waals surface area contributed by atoms with Gasteiger partial charge in [-0.25, -0.2) is 9.97 Å². The second-order valence-electron chi connectivity index (χ2n) is 9.51. The molecule has 1 saturated carbocycles. The molecule has 0 unspecified atom stereocenters. The van der Waals surface area contributed by atoms with Gasteiger partial charge in [-0.15, -0.1) is 11.3 Å². The molecule has 2 aromatic heterocycles. The third-order valence-electron chi connectivity index (χ3n) is 7.11. The van der Waals surface area contributed by atoms with Gasteiger partial charge in [0.15, 0.2) is 0 Å². The lowest BCUT2D eigenvalue weighted by Gasteiger charge is -2.29. The van der Waals surface area contributed by atoms with Gasteiger partial charge in [0.05, 0.1) is 16.5 Å². The van der Waals surface area contributed by atoms with Crippen LogP contribution >= 0.6 is 11.3 Å². The highest BCUT2D eigenvalue weighted by atomic mass is 32.2. The van der Waals surface area contributed by atoms with Crippen LogP contribution in [0.5, 0.6) is 0 Å². The molecule has 2 aliphatic rings. The van der Waals surface area contributed by atoms with E-state index in [1.165, 1.54) is 30.9 Å². The van der Waals surface area contributed by atoms with E-state index in [4.69, 9.17) is 8.92 Å². The highest BCUT2D eigenvalue weighted by Crippen LogP contribution is 2.46. The van der Waals surface area contributed by atoms with Crippen LogP contribution in [0.2, 0.25) is 0 Å². The van der Waals surface area contributed by atoms with Gasteiger partial charge >= 0.3 is 10.3 Å². The molecule has 1 aromatic carbocycles. The number of hydrogen-bond donors (Lipinski definition) is 3. The number of carbonyl (C=O) groups excluding carboxylic acids is 1. The summed E-state index contributed by atoms with van der Waals surface area (Å²) in [6, 6.07) is 11.7. The highest BCUT2D eigenvalue weighted by Gasteiger charge is 2.41. The molecular weight excluding hydrogens is 528 g/mol. The van der Waals surface area contributed by atoms with E-state index in [0.717, 1.165) is 28.8 Å². The second kappa shape index (κ2) is 10.8. The number of anilines is 1. The normalized spacial score (nSPS) is 25.5. The Labute approximate surface area is 225 Å². The Morgan fingerprint density at radius 3 is 2.76 bits per heavy atom. The standard InChI is InChI=1S/C26H30N4O6S2/c1-16-20(26(9-6-10-35-26)17-7-4-3-5-8-17)13-23(37-16)24(32)19-14-28-15-29-25(19)30-18-11-21(31)22(12-18)36-38(33,34)27-2/h3-5,7-8,13-15,18,21-22,27,31H,6,9-12H2,1-2H3,(H,28,29,30)/t18-,21+,22-,26-/m1/s1. The van der Waals surface area contributed by atoms with Crippen LogP contribution < -0.4 is 10.0 Å². The molecule has 3 aromatic rings. The lowest BCUT2D eigenvalue weighted by Crippen LogP contribution is -2.31. The summed E-state index contributed by atoms with van der Waals surface area (Å²) in [4.78, 5) is 23.6. The Kier molecular flexibility index (Phi) is 7.63. The summed E-state index contributed by atoms with van der Waals surface area (Å²) in [5, 5.41) is 13.5. The molecule has 0 radical (unpaired) electrons. The van der Waals surface area contributed by atoms with E-state index in [1.807, 2.05) is 31.2 Å². The van der Waals surface area contributed by atoms with Crippen molar-refractivity contribution in [1.29, 1.82) is 0 Å². The summed E-state index contributed by atoms with van der Waals surface area (Å²) < 4.78 is 37.0. The first-order valence-electron chi connectivity index (χ1n) is 12.4. The molecule has 5 rings (SSSR count). The van der Waals surface area contributed by atoms with Crippen LogP contribution in [-0.4, -0.2) is 61.2 Å². The monoisotopic (exact) mass is 558 g/mol. The number of aliphatic hydroxyl groups excluding tert-OH is 1. The number of aliphatic hydroxyl groups is 1. The third kappa shape index (κ3) is 5.24. The molecule has 38 heavy (non-hydrogen) atoms. The third-order valence-corrected chi connectivity index (χ3v) is 9.16. The Morgan fingerprint density at radius 1 is 1.26 bits per heavy atom. The SMILES string of the molecule is CNS(=O)(=O)O[C@@H]1C[C@H](Nc2ncncc2C(=O)c2cc([C@]3(c4ccccc4)CCCO3)c(C)s2)C[C@@H]1O. The van der Waals surface area contributed by atoms with Crippen LogP contribution in [0.3, 0.4) is 0 Å². The molecule has 2 fully saturated rings. The summed E-state index contributed by atoms with van der Waals surface area (Å²) in [5.41, 5.74) is 1.77. The van der Waals surface area contributed by atoms with Gasteiger partial charge in [-0.3, -0.25) is 8.98 Å². The van der Waals surface area contributed by atoms with Crippen molar-refractivity contribution in [3.63, 3.8) is 0 Å². The summed E-state index contributed by atoms with van der Waals surface area (Å²) in [5.74, 6) is 0.0968. The molecule has 4 atom stereocenters. The first-order chi connectivity index (χ1) is 18.2. The summed E-state index contributed by atoms with van der Waals surface area (Å²) in [6.07, 6.45) is 3.14. The predicted octanol–water partition coefficient (Wildman–Crippen LogP) is 2.92. The van der Waals surface area contributed by atoms with Gasteiger partial charge < -0.3 is 15.2 Å². The minimum absolute atomic E-state index is 0.221. The Hall–Kier alpha value is -2.74. The minimum Gasteiger partial charge on any atom is -0.390 e. The van der Waals surface area contributed by atoms with Gasteiger partial charge in [0, 0.05) is 36.3 Å². The number of aryl methyl sites for hydroxylation is 1. The number of aromatic nitrogens is 2. The molecule has 1 saturated heterocycles. The van der Waals surface area contributed by atoms with Crippen molar-refractivity contribution in [2.45, 2.75) is 56.5 Å². The number of rotatable bonds is 9. The summed E-state index contributed by atoms with van der Waals surface area (Å²) in [7, 11) is -2.71. The van der Waals surface area contributed by atoms with E-state index >= 15 is 0 Å². The van der Waals surface area contributed by atoms with Crippen LogP contribution in [0.4, 0.5) is 5.82 Å². The van der Waals surface area contributed by atoms with Crippen molar-refractivity contribution in [2.24, 2.45) is 0 Å². The zero-order valence-electron chi connectivity index (χ0n) is 21.1. The minimum atomic E-state index is -3.95. The molecule has 1 aliphatic heterocycles. The number of ether oxygens (including phenoxy) is 1. The fraction of sp³-hybridized carbons (Fsp3) is 0.423. The Bertz CT molecular complexity index is 1410. The fourth-order valence-corrected chi connectivity index (χ4v) is 6.96. The number of nitrogens with zero attached hydrogens (tertiary/aromatic N) is 2. The van der Waals surface area contributed by atoms with Crippen LogP contribution in [0.25, 0.3) is 0 Å². The van der Waals surface area contributed by atoms with Crippen molar-refractivity contribution >= 4 is 33.2 Å². The number of nitrogens with one attached hydrogen (secondary N) is 2. The van der Waals surface area contributed by atoms with Crippen LogP contribution in [0, 0.1) is 6.92 Å². The molecule has 12 heteroatoms. The number of carbonyl (C=O) groups is 1. The van der Waals surface area contributed by atoms with E-state index in [1.54, 1.807) is 0 Å². The first-order valence-corrected chi connectivity index (χ1v) is 14.7. The smallest absolute Gasteiger partial charge is 0.335 e. The van der Waals surface area contributed by atoms with E-state index in [9.17, 15) is 18.3 Å². The largest absolute Gasteiger partial charge is 0.390 e. The van der Waals surface area contributed by atoms with E-state index in [-0.39, 0.29) is 24.7 Å². The maximum absolute atomic E-state index is 13.7. The van der Waals surface area contributed by atoms with E-state index in [2.05, 4.69) is 32.1 Å². The molecule has 3 heterocycles. The first kappa shape index (κ1) is 26.9. The van der Waals surface area contributed by atoms with Gasteiger partial charge in [-0.2, -0.15) is 13.1 Å². The lowest BCUT2D eigenvalue weighted by molar-refractivity contribution is 0.0358. The quantitative estimate of drug-likeness (QED) is 0.338. The summed E-state index contributed by atoms with van der Waals surface area (Å²) >= 11 is 1.41. The maximum Gasteiger partial charge on any atom is 0.335 e. The van der Waals surface area contributed by atoms with Gasteiger partial charge in [0.25, 0.3) is 0 Å². The number of hydrogen-bond acceptors (Lipinski definition) is 10. The fourth-order valence-electron chi connectivity index (χ4n) is 5.28. The molecule has 0 amide bonds. The molecule has 10 nitrogen and oxygen atoms in total. The zero-order chi connectivity index (χ0) is 26.9. The van der Waals surface area contributed by atoms with E-state index < -0.39 is 28.1 Å². The average Bonchev–Trinajstić information content (AvgIpc) is 3.64. The van der Waals surface area contributed by atoms with Crippen molar-refractivity contribution in [1.82, 2.24) is 14.7 Å². The maximum atomic E-state index is 13.7. The van der Waals surface area contributed by atoms with Crippen molar-refractivity contribution in [3.05, 3.63) is 75.4 Å². The number of ketones is 1. The van der Waals surface area contributed by atoms with Crippen LogP contribution in [-0.2, 0) is 24.8 Å². The van der Waals surface area contributed by atoms with Crippen molar-refractivity contribution < 1.29 is 27.2 Å². The molecule has 0 bridgehead atoms. The lowest BCUT2D eigenvalue weighted by atomic mass is 9.84. The number of thiophene rings is 1. The van der Waals surface area contributed by atoms with Gasteiger partial charge in [-0.05, 0) is 44.2 Å². The molecule has 3 N–H and O–H groups in total. The second-order valence-corrected chi connectivity index (χ2v) is 12.3. The summed E-state index contributed by atoms with van der Waals surface area (Å²) in [6.45, 7) is 2.66. The topological polar surface area (TPSA) is 140 Å². The molecule has 1 aliphatic carbocycles. The van der Waals surface area contributed by atoms with Gasteiger partial charge in [0.2, 0.25) is 5.78 Å². The Morgan fingerprint density at radius 2 is 2.05 bits per heavy atom. The van der Waals surface area contributed by atoms with E-state index in [0.29, 0.717) is 22.9 Å². The van der Waals surface area contributed by atoms with Crippen molar-refractivity contribution in [2.75, 3.05) is 19.0 Å². The van der Waals surface area contributed by atoms with Crippen LogP contribution in [0.15, 0.2) is 48.9 Å². The molecule has 202 valence electrons. The van der Waals surface area contributed by atoms with Crippen LogP contribution in [0.1, 0.15) is 56.9 Å². The molecule has 0 spiro atoms. The predicted molar refractivity (Wildman–Crippen MR) is 142 cm³/mol.